The van der Waals surface area contributed by atoms with E-state index in [0.717, 1.165) is 36.9 Å². The smallest absolute Gasteiger partial charge is 0.260 e. The van der Waals surface area contributed by atoms with Crippen LogP contribution in [0.25, 0.3) is 0 Å². The van der Waals surface area contributed by atoms with Crippen LogP contribution >= 0.6 is 0 Å². The number of carbonyl (C=O) groups excluding carboxylic acids is 2. The number of aryl methyl sites for hydroxylation is 1. The molecule has 0 radical (unpaired) electrons. The molecule has 4 heteroatoms. The Hall–Kier alpha value is -1.84. The first-order valence-corrected chi connectivity index (χ1v) is 7.27. The zero-order valence-corrected chi connectivity index (χ0v) is 11.7. The second kappa shape index (κ2) is 5.27. The van der Waals surface area contributed by atoms with Crippen LogP contribution in [0.4, 0.5) is 0 Å². The lowest BCUT2D eigenvalue weighted by molar-refractivity contribution is -0.133. The van der Waals surface area contributed by atoms with Gasteiger partial charge in [-0.3, -0.25) is 9.59 Å². The summed E-state index contributed by atoms with van der Waals surface area (Å²) in [6, 6.07) is 5.90. The highest BCUT2D eigenvalue weighted by Gasteiger charge is 2.31. The highest BCUT2D eigenvalue weighted by Crippen LogP contribution is 2.28. The van der Waals surface area contributed by atoms with E-state index in [2.05, 4.69) is 0 Å². The van der Waals surface area contributed by atoms with Gasteiger partial charge in [0.1, 0.15) is 5.75 Å². The summed E-state index contributed by atoms with van der Waals surface area (Å²) in [6.45, 7) is 2.82. The number of nitrogens with zero attached hydrogens (tertiary/aromatic N) is 1. The molecule has 106 valence electrons. The van der Waals surface area contributed by atoms with Crippen LogP contribution < -0.4 is 4.74 Å². The van der Waals surface area contributed by atoms with Crippen LogP contribution in [0.15, 0.2) is 18.2 Å². The van der Waals surface area contributed by atoms with E-state index in [9.17, 15) is 9.59 Å². The highest BCUT2D eigenvalue weighted by molar-refractivity contribution is 6.00. The van der Waals surface area contributed by atoms with Crippen LogP contribution in [-0.4, -0.2) is 35.8 Å². The van der Waals surface area contributed by atoms with Gasteiger partial charge in [0.15, 0.2) is 12.4 Å². The molecule has 0 aromatic heterocycles. The van der Waals surface area contributed by atoms with Gasteiger partial charge in [-0.15, -0.1) is 0 Å². The van der Waals surface area contributed by atoms with Crippen LogP contribution in [0.3, 0.4) is 0 Å². The van der Waals surface area contributed by atoms with Crippen molar-refractivity contribution >= 4 is 11.7 Å². The summed E-state index contributed by atoms with van der Waals surface area (Å²) in [5.74, 6) is 0.929. The fourth-order valence-corrected chi connectivity index (χ4v) is 2.77. The van der Waals surface area contributed by atoms with Gasteiger partial charge in [0, 0.05) is 24.6 Å². The van der Waals surface area contributed by atoms with Crippen LogP contribution in [-0.2, 0) is 11.2 Å². The molecule has 1 aromatic rings. The molecule has 0 bridgehead atoms. The molecule has 0 atom stereocenters. The van der Waals surface area contributed by atoms with Gasteiger partial charge in [-0.2, -0.15) is 0 Å². The Kier molecular flexibility index (Phi) is 3.47. The van der Waals surface area contributed by atoms with Crippen LogP contribution in [0.2, 0.25) is 0 Å². The van der Waals surface area contributed by atoms with Gasteiger partial charge in [-0.1, -0.05) is 0 Å². The first-order chi connectivity index (χ1) is 9.69. The summed E-state index contributed by atoms with van der Waals surface area (Å²) in [5, 5.41) is 0. The topological polar surface area (TPSA) is 46.6 Å². The Morgan fingerprint density at radius 3 is 2.85 bits per heavy atom. The monoisotopic (exact) mass is 273 g/mol. The average Bonchev–Trinajstić information content (AvgIpc) is 3.22. The van der Waals surface area contributed by atoms with Crippen molar-refractivity contribution in [3.05, 3.63) is 29.3 Å². The maximum atomic E-state index is 12.1. The number of ketones is 1. The number of likely N-dealkylation sites (N-methyl/N-ethyl adjacent to an activating group) is 1. The molecular formula is C16H19NO3. The molecule has 0 unspecified atom stereocenters. The Labute approximate surface area is 118 Å². The summed E-state index contributed by atoms with van der Waals surface area (Å²) in [5.41, 5.74) is 1.84. The Bertz CT molecular complexity index is 549. The number of ether oxygens (including phenoxy) is 1. The minimum Gasteiger partial charge on any atom is -0.484 e. The summed E-state index contributed by atoms with van der Waals surface area (Å²) in [6.07, 6.45) is 3.59. The van der Waals surface area contributed by atoms with Crippen molar-refractivity contribution in [3.8, 4) is 5.75 Å². The zero-order chi connectivity index (χ0) is 14.1. The zero-order valence-electron chi connectivity index (χ0n) is 11.7. The van der Waals surface area contributed by atoms with Crippen molar-refractivity contribution in [1.82, 2.24) is 4.90 Å². The SMILES string of the molecule is CCN(C(=O)COc1ccc2c(c1)CCC2=O)C1CC1. The third kappa shape index (κ3) is 2.55. The quantitative estimate of drug-likeness (QED) is 0.826. The van der Waals surface area contributed by atoms with Gasteiger partial charge in [0.05, 0.1) is 0 Å². The van der Waals surface area contributed by atoms with Crippen LogP contribution in [0.1, 0.15) is 42.1 Å². The molecule has 1 saturated carbocycles. The number of hydrogen-bond donors (Lipinski definition) is 0. The molecule has 1 aromatic carbocycles. The third-order valence-corrected chi connectivity index (χ3v) is 4.01. The molecule has 3 rings (SSSR count). The van der Waals surface area contributed by atoms with E-state index in [1.165, 1.54) is 0 Å². The first kappa shape index (κ1) is 13.2. The first-order valence-electron chi connectivity index (χ1n) is 7.27. The lowest BCUT2D eigenvalue weighted by Gasteiger charge is -2.20. The Morgan fingerprint density at radius 1 is 1.35 bits per heavy atom. The van der Waals surface area contributed by atoms with Gasteiger partial charge in [-0.05, 0) is 49.9 Å². The molecule has 0 heterocycles. The Balaban J connectivity index is 1.61. The normalized spacial score (nSPS) is 16.9. The maximum Gasteiger partial charge on any atom is 0.260 e. The van der Waals surface area contributed by atoms with Crippen molar-refractivity contribution < 1.29 is 14.3 Å². The Morgan fingerprint density at radius 2 is 2.15 bits per heavy atom. The number of benzene rings is 1. The van der Waals surface area contributed by atoms with E-state index < -0.39 is 0 Å². The van der Waals surface area contributed by atoms with Crippen molar-refractivity contribution in [2.75, 3.05) is 13.2 Å². The fourth-order valence-electron chi connectivity index (χ4n) is 2.77. The van der Waals surface area contributed by atoms with Crippen LogP contribution in [0, 0.1) is 0 Å². The largest absolute Gasteiger partial charge is 0.484 e. The summed E-state index contributed by atoms with van der Waals surface area (Å²) in [7, 11) is 0. The lowest BCUT2D eigenvalue weighted by atomic mass is 10.1. The van der Waals surface area contributed by atoms with E-state index in [1.54, 1.807) is 6.07 Å². The van der Waals surface area contributed by atoms with Gasteiger partial charge >= 0.3 is 0 Å². The van der Waals surface area contributed by atoms with Gasteiger partial charge in [0.25, 0.3) is 5.91 Å². The summed E-state index contributed by atoms with van der Waals surface area (Å²) >= 11 is 0. The second-order valence-corrected chi connectivity index (χ2v) is 5.44. The van der Waals surface area contributed by atoms with E-state index in [4.69, 9.17) is 4.74 Å². The fraction of sp³-hybridized carbons (Fsp3) is 0.500. The van der Waals surface area contributed by atoms with E-state index in [-0.39, 0.29) is 18.3 Å². The molecular weight excluding hydrogens is 254 g/mol. The predicted octanol–water partition coefficient (Wildman–Crippen LogP) is 2.21. The minimum atomic E-state index is 0.0478. The number of Topliss-reactive ketones (excluding diaryl/α,β-unsaturated/α-hetero) is 1. The molecule has 0 spiro atoms. The summed E-state index contributed by atoms with van der Waals surface area (Å²) in [4.78, 5) is 25.5. The van der Waals surface area contributed by atoms with Crippen molar-refractivity contribution in [2.45, 2.75) is 38.6 Å². The molecule has 0 aliphatic heterocycles. The predicted molar refractivity (Wildman–Crippen MR) is 75.0 cm³/mol. The van der Waals surface area contributed by atoms with Crippen LogP contribution in [0.5, 0.6) is 5.75 Å². The number of carbonyl (C=O) groups is 2. The molecule has 2 aliphatic carbocycles. The van der Waals surface area contributed by atoms with Crippen molar-refractivity contribution in [1.29, 1.82) is 0 Å². The van der Waals surface area contributed by atoms with E-state index in [0.29, 0.717) is 18.2 Å². The minimum absolute atomic E-state index is 0.0478. The maximum absolute atomic E-state index is 12.1. The number of hydrogen-bond acceptors (Lipinski definition) is 3. The standard InChI is InChI=1S/C16H19NO3/c1-2-17(12-4-5-12)16(19)10-20-13-6-7-14-11(9-13)3-8-15(14)18/h6-7,9,12H,2-5,8,10H2,1H3. The van der Waals surface area contributed by atoms with Crippen molar-refractivity contribution in [2.24, 2.45) is 0 Å². The van der Waals surface area contributed by atoms with E-state index >= 15 is 0 Å². The molecule has 2 aliphatic rings. The average molecular weight is 273 g/mol. The molecule has 1 fully saturated rings. The van der Waals surface area contributed by atoms with Gasteiger partial charge in [-0.25, -0.2) is 0 Å². The lowest BCUT2D eigenvalue weighted by Crippen LogP contribution is -2.36. The number of amides is 1. The third-order valence-electron chi connectivity index (χ3n) is 4.01. The number of fused-ring (bicyclic) bond motifs is 1. The number of rotatable bonds is 5. The van der Waals surface area contributed by atoms with Crippen molar-refractivity contribution in [3.63, 3.8) is 0 Å². The molecule has 1 amide bonds. The van der Waals surface area contributed by atoms with Gasteiger partial charge in [0.2, 0.25) is 0 Å². The highest BCUT2D eigenvalue weighted by atomic mass is 16.5. The summed E-state index contributed by atoms with van der Waals surface area (Å²) < 4.78 is 5.59. The molecule has 0 N–H and O–H groups in total. The van der Waals surface area contributed by atoms with Gasteiger partial charge < -0.3 is 9.64 Å². The molecule has 4 nitrogen and oxygen atoms in total. The molecule has 0 saturated heterocycles. The second-order valence-electron chi connectivity index (χ2n) is 5.44. The molecule has 20 heavy (non-hydrogen) atoms. The van der Waals surface area contributed by atoms with E-state index in [1.807, 2.05) is 24.0 Å².